The second kappa shape index (κ2) is 6.74. The molecule has 0 spiro atoms. The number of hydrogen-bond acceptors (Lipinski definition) is 6. The van der Waals surface area contributed by atoms with Gasteiger partial charge in [0.2, 0.25) is 5.71 Å². The topological polar surface area (TPSA) is 97.8 Å². The van der Waals surface area contributed by atoms with Gasteiger partial charge >= 0.3 is 0 Å². The Balaban J connectivity index is 2.02. The number of likely N-dealkylation sites (tertiary alicyclic amines) is 1. The second-order valence-corrected chi connectivity index (χ2v) is 5.97. The van der Waals surface area contributed by atoms with Crippen LogP contribution in [0, 0.1) is 6.92 Å². The Kier molecular flexibility index (Phi) is 4.68. The van der Waals surface area contributed by atoms with Crippen molar-refractivity contribution in [3.05, 3.63) is 28.0 Å². The standard InChI is InChI=1S/C16H21N3O5/c1-10-12(15(21)18-5-3-11(20)4-6-18)13-14(24-10)17-9-19(16(13)22)7-8-23-2/h9,11,20H,3-8H2,1-2H3. The highest BCUT2D eigenvalue weighted by molar-refractivity contribution is 6.06. The molecule has 0 unspecified atom stereocenters. The van der Waals surface area contributed by atoms with Crippen molar-refractivity contribution in [2.75, 3.05) is 26.8 Å². The first-order valence-electron chi connectivity index (χ1n) is 7.97. The summed E-state index contributed by atoms with van der Waals surface area (Å²) in [5.74, 6) is 0.136. The number of carbonyl (C=O) groups excluding carboxylic acids is 1. The van der Waals surface area contributed by atoms with E-state index in [1.165, 1.54) is 10.9 Å². The summed E-state index contributed by atoms with van der Waals surface area (Å²) < 4.78 is 11.9. The van der Waals surface area contributed by atoms with Crippen LogP contribution < -0.4 is 5.56 Å². The number of rotatable bonds is 4. The number of methoxy groups -OCH3 is 1. The monoisotopic (exact) mass is 335 g/mol. The van der Waals surface area contributed by atoms with Gasteiger partial charge in [-0.25, -0.2) is 4.98 Å². The van der Waals surface area contributed by atoms with Gasteiger partial charge in [0, 0.05) is 20.2 Å². The van der Waals surface area contributed by atoms with Crippen molar-refractivity contribution in [3.63, 3.8) is 0 Å². The van der Waals surface area contributed by atoms with Crippen LogP contribution in [0.15, 0.2) is 15.5 Å². The molecule has 2 aromatic heterocycles. The average molecular weight is 335 g/mol. The molecule has 1 aliphatic rings. The lowest BCUT2D eigenvalue weighted by Crippen LogP contribution is -2.40. The van der Waals surface area contributed by atoms with Crippen LogP contribution in [0.25, 0.3) is 11.1 Å². The maximum atomic E-state index is 12.9. The number of ether oxygens (including phenoxy) is 1. The molecular weight excluding hydrogens is 314 g/mol. The van der Waals surface area contributed by atoms with Crippen LogP contribution in [-0.2, 0) is 11.3 Å². The summed E-state index contributed by atoms with van der Waals surface area (Å²) in [7, 11) is 1.55. The summed E-state index contributed by atoms with van der Waals surface area (Å²) in [5.41, 5.74) is 0.131. The van der Waals surface area contributed by atoms with Gasteiger partial charge in [-0.05, 0) is 19.8 Å². The van der Waals surface area contributed by atoms with Gasteiger partial charge in [0.25, 0.3) is 11.5 Å². The molecule has 0 atom stereocenters. The fraction of sp³-hybridized carbons (Fsp3) is 0.562. The highest BCUT2D eigenvalue weighted by Gasteiger charge is 2.29. The number of piperidine rings is 1. The first-order valence-corrected chi connectivity index (χ1v) is 7.97. The summed E-state index contributed by atoms with van der Waals surface area (Å²) in [4.78, 5) is 31.4. The number of nitrogens with zero attached hydrogens (tertiary/aromatic N) is 3. The molecule has 1 aliphatic heterocycles. The van der Waals surface area contributed by atoms with Crippen LogP contribution in [0.4, 0.5) is 0 Å². The van der Waals surface area contributed by atoms with E-state index in [4.69, 9.17) is 9.15 Å². The molecule has 130 valence electrons. The van der Waals surface area contributed by atoms with Gasteiger partial charge in [-0.15, -0.1) is 0 Å². The lowest BCUT2D eigenvalue weighted by molar-refractivity contribution is 0.0546. The van der Waals surface area contributed by atoms with Gasteiger partial charge in [0.1, 0.15) is 17.5 Å². The summed E-state index contributed by atoms with van der Waals surface area (Å²) in [6.45, 7) is 3.31. The van der Waals surface area contributed by atoms with Crippen molar-refractivity contribution in [1.29, 1.82) is 0 Å². The van der Waals surface area contributed by atoms with E-state index >= 15 is 0 Å². The Morgan fingerprint density at radius 2 is 2.17 bits per heavy atom. The van der Waals surface area contributed by atoms with Crippen molar-refractivity contribution in [2.45, 2.75) is 32.4 Å². The molecular formula is C16H21N3O5. The molecule has 8 heteroatoms. The molecule has 1 saturated heterocycles. The number of aryl methyl sites for hydroxylation is 1. The summed E-state index contributed by atoms with van der Waals surface area (Å²) in [5, 5.41) is 9.81. The van der Waals surface area contributed by atoms with E-state index in [1.54, 1.807) is 18.9 Å². The van der Waals surface area contributed by atoms with Crippen LogP contribution >= 0.6 is 0 Å². The van der Waals surface area contributed by atoms with Gasteiger partial charge in [-0.1, -0.05) is 0 Å². The first-order chi connectivity index (χ1) is 11.5. The zero-order valence-electron chi connectivity index (χ0n) is 13.8. The normalized spacial score (nSPS) is 16.0. The minimum atomic E-state index is -0.371. The third kappa shape index (κ3) is 2.94. The van der Waals surface area contributed by atoms with Crippen molar-refractivity contribution in [2.24, 2.45) is 0 Å². The third-order valence-electron chi connectivity index (χ3n) is 4.36. The highest BCUT2D eigenvalue weighted by Crippen LogP contribution is 2.24. The lowest BCUT2D eigenvalue weighted by atomic mass is 10.1. The predicted molar refractivity (Wildman–Crippen MR) is 86.0 cm³/mol. The zero-order chi connectivity index (χ0) is 17.3. The van der Waals surface area contributed by atoms with Crippen LogP contribution in [0.1, 0.15) is 29.0 Å². The molecule has 0 aliphatic carbocycles. The van der Waals surface area contributed by atoms with Gasteiger partial charge in [-0.2, -0.15) is 0 Å². The van der Waals surface area contributed by atoms with Crippen molar-refractivity contribution < 1.29 is 19.1 Å². The quantitative estimate of drug-likeness (QED) is 0.876. The van der Waals surface area contributed by atoms with E-state index in [-0.39, 0.29) is 34.2 Å². The number of carbonyl (C=O) groups is 1. The Bertz CT molecular complexity index is 802. The molecule has 8 nitrogen and oxygen atoms in total. The maximum absolute atomic E-state index is 12.9. The summed E-state index contributed by atoms with van der Waals surface area (Å²) in [6.07, 6.45) is 2.11. The Hall–Kier alpha value is -2.19. The van der Waals surface area contributed by atoms with E-state index < -0.39 is 0 Å². The fourth-order valence-electron chi connectivity index (χ4n) is 2.97. The number of aromatic nitrogens is 2. The summed E-state index contributed by atoms with van der Waals surface area (Å²) in [6, 6.07) is 0. The van der Waals surface area contributed by atoms with E-state index in [2.05, 4.69) is 4.98 Å². The predicted octanol–water partition coefficient (Wildman–Crippen LogP) is 0.541. The summed E-state index contributed by atoms with van der Waals surface area (Å²) >= 11 is 0. The van der Waals surface area contributed by atoms with Gasteiger partial charge < -0.3 is 19.2 Å². The largest absolute Gasteiger partial charge is 0.442 e. The van der Waals surface area contributed by atoms with Crippen LogP contribution in [0.3, 0.4) is 0 Å². The van der Waals surface area contributed by atoms with Crippen LogP contribution in [-0.4, -0.2) is 58.4 Å². The van der Waals surface area contributed by atoms with Crippen LogP contribution in [0.2, 0.25) is 0 Å². The second-order valence-electron chi connectivity index (χ2n) is 5.97. The highest BCUT2D eigenvalue weighted by atomic mass is 16.5. The van der Waals surface area contributed by atoms with E-state index in [9.17, 15) is 14.7 Å². The maximum Gasteiger partial charge on any atom is 0.265 e. The van der Waals surface area contributed by atoms with E-state index in [0.717, 1.165) is 0 Å². The SMILES string of the molecule is COCCn1cnc2oc(C)c(C(=O)N3CCC(O)CC3)c2c1=O. The molecule has 3 heterocycles. The number of hydrogen-bond donors (Lipinski definition) is 1. The van der Waals surface area contributed by atoms with Gasteiger partial charge in [0.05, 0.1) is 24.8 Å². The Morgan fingerprint density at radius 1 is 1.46 bits per heavy atom. The third-order valence-corrected chi connectivity index (χ3v) is 4.36. The number of fused-ring (bicyclic) bond motifs is 1. The molecule has 0 bridgehead atoms. The molecule has 1 amide bonds. The number of aliphatic hydroxyl groups is 1. The molecule has 3 rings (SSSR count). The van der Waals surface area contributed by atoms with Crippen molar-refractivity contribution in [3.8, 4) is 0 Å². The van der Waals surface area contributed by atoms with Crippen molar-refractivity contribution in [1.82, 2.24) is 14.5 Å². The average Bonchev–Trinajstić information content (AvgIpc) is 2.91. The molecule has 1 fully saturated rings. The van der Waals surface area contributed by atoms with Crippen molar-refractivity contribution >= 4 is 17.0 Å². The smallest absolute Gasteiger partial charge is 0.265 e. The number of amides is 1. The minimum absolute atomic E-state index is 0.173. The molecule has 24 heavy (non-hydrogen) atoms. The Labute approximate surface area is 138 Å². The van der Waals surface area contributed by atoms with Gasteiger partial charge in [-0.3, -0.25) is 14.2 Å². The first kappa shape index (κ1) is 16.7. The fourth-order valence-corrected chi connectivity index (χ4v) is 2.97. The molecule has 2 aromatic rings. The molecule has 0 radical (unpaired) electrons. The lowest BCUT2D eigenvalue weighted by Gasteiger charge is -2.29. The van der Waals surface area contributed by atoms with Crippen LogP contribution in [0.5, 0.6) is 0 Å². The molecule has 1 N–H and O–H groups in total. The number of furan rings is 1. The molecule has 0 aromatic carbocycles. The number of aliphatic hydroxyl groups excluding tert-OH is 1. The zero-order valence-corrected chi connectivity index (χ0v) is 13.8. The van der Waals surface area contributed by atoms with E-state index in [1.807, 2.05) is 0 Å². The van der Waals surface area contributed by atoms with E-state index in [0.29, 0.717) is 44.8 Å². The van der Waals surface area contributed by atoms with Gasteiger partial charge in [0.15, 0.2) is 0 Å². The Morgan fingerprint density at radius 3 is 2.83 bits per heavy atom. The molecule has 0 saturated carbocycles. The minimum Gasteiger partial charge on any atom is -0.442 e.